The van der Waals surface area contributed by atoms with Crippen molar-refractivity contribution in [3.63, 3.8) is 0 Å². The first-order valence-corrected chi connectivity index (χ1v) is 8.97. The maximum absolute atomic E-state index is 12.5. The number of carbonyl (C=O) groups is 2. The standard InChI is InChI=1S/C19H17ClN2O2S/c1-12-6-5-9-16(13(12)2)21-11-22-18(23)17(25-19(22)24)10-14-7-3-4-8-15(14)20/h3-10,21H,11H2,1-2H3. The van der Waals surface area contributed by atoms with Gasteiger partial charge in [0.25, 0.3) is 11.1 Å². The third-order valence-corrected chi connectivity index (χ3v) is 5.35. The van der Waals surface area contributed by atoms with Crippen LogP contribution in [-0.4, -0.2) is 22.7 Å². The van der Waals surface area contributed by atoms with E-state index >= 15 is 0 Å². The molecule has 2 amide bonds. The number of amides is 2. The van der Waals surface area contributed by atoms with Crippen LogP contribution in [0.3, 0.4) is 0 Å². The molecule has 6 heteroatoms. The fourth-order valence-electron chi connectivity index (χ4n) is 2.48. The molecule has 4 nitrogen and oxygen atoms in total. The van der Waals surface area contributed by atoms with Gasteiger partial charge in [-0.25, -0.2) is 0 Å². The Balaban J connectivity index is 1.76. The third-order valence-electron chi connectivity index (χ3n) is 4.10. The van der Waals surface area contributed by atoms with Gasteiger partial charge in [-0.3, -0.25) is 14.5 Å². The molecule has 1 heterocycles. The number of thioether (sulfide) groups is 1. The average molecular weight is 373 g/mol. The number of nitrogens with zero attached hydrogens (tertiary/aromatic N) is 1. The highest BCUT2D eigenvalue weighted by molar-refractivity contribution is 8.18. The molecule has 1 fully saturated rings. The van der Waals surface area contributed by atoms with E-state index in [0.29, 0.717) is 9.93 Å². The average Bonchev–Trinajstić information content (AvgIpc) is 2.85. The molecular weight excluding hydrogens is 356 g/mol. The van der Waals surface area contributed by atoms with E-state index in [1.54, 1.807) is 12.1 Å². The predicted molar refractivity (Wildman–Crippen MR) is 104 cm³/mol. The van der Waals surface area contributed by atoms with Gasteiger partial charge in [0, 0.05) is 10.7 Å². The van der Waals surface area contributed by atoms with Crippen LogP contribution in [0.4, 0.5) is 10.5 Å². The zero-order valence-corrected chi connectivity index (χ0v) is 15.4. The Bertz CT molecular complexity index is 879. The number of anilines is 1. The number of rotatable bonds is 4. The number of hydrogen-bond donors (Lipinski definition) is 1. The number of benzene rings is 2. The van der Waals surface area contributed by atoms with E-state index in [0.717, 1.165) is 34.1 Å². The smallest absolute Gasteiger partial charge is 0.295 e. The van der Waals surface area contributed by atoms with Crippen LogP contribution in [0.5, 0.6) is 0 Å². The molecule has 0 saturated carbocycles. The van der Waals surface area contributed by atoms with Crippen LogP contribution in [0, 0.1) is 13.8 Å². The number of imide groups is 1. The Kier molecular flexibility index (Phi) is 5.16. The fraction of sp³-hybridized carbons (Fsp3) is 0.158. The summed E-state index contributed by atoms with van der Waals surface area (Å²) in [5.74, 6) is -0.312. The summed E-state index contributed by atoms with van der Waals surface area (Å²) in [6.07, 6.45) is 1.66. The topological polar surface area (TPSA) is 49.4 Å². The van der Waals surface area contributed by atoms with Crippen LogP contribution in [0.2, 0.25) is 5.02 Å². The van der Waals surface area contributed by atoms with E-state index in [1.165, 1.54) is 4.90 Å². The van der Waals surface area contributed by atoms with Gasteiger partial charge in [0.2, 0.25) is 0 Å². The number of halogens is 1. The summed E-state index contributed by atoms with van der Waals surface area (Å²) in [5, 5.41) is 3.42. The summed E-state index contributed by atoms with van der Waals surface area (Å²) < 4.78 is 0. The van der Waals surface area contributed by atoms with Crippen molar-refractivity contribution in [1.29, 1.82) is 0 Å². The van der Waals surface area contributed by atoms with E-state index in [9.17, 15) is 9.59 Å². The molecule has 25 heavy (non-hydrogen) atoms. The van der Waals surface area contributed by atoms with Crippen LogP contribution in [0.25, 0.3) is 6.08 Å². The largest absolute Gasteiger partial charge is 0.367 e. The second-order valence-corrected chi connectivity index (χ2v) is 7.11. The summed E-state index contributed by atoms with van der Waals surface area (Å²) in [7, 11) is 0. The minimum absolute atomic E-state index is 0.134. The van der Waals surface area contributed by atoms with Gasteiger partial charge in [0.15, 0.2) is 0 Å². The van der Waals surface area contributed by atoms with Gasteiger partial charge in [0.1, 0.15) is 0 Å². The Morgan fingerprint density at radius 2 is 1.88 bits per heavy atom. The fourth-order valence-corrected chi connectivity index (χ4v) is 3.50. The molecule has 0 aliphatic carbocycles. The minimum atomic E-state index is -0.312. The number of hydrogen-bond acceptors (Lipinski definition) is 4. The Morgan fingerprint density at radius 1 is 1.12 bits per heavy atom. The van der Waals surface area contributed by atoms with Crippen molar-refractivity contribution in [2.45, 2.75) is 13.8 Å². The molecule has 0 aromatic heterocycles. The van der Waals surface area contributed by atoms with E-state index in [4.69, 9.17) is 11.6 Å². The van der Waals surface area contributed by atoms with E-state index in [1.807, 2.05) is 50.2 Å². The lowest BCUT2D eigenvalue weighted by atomic mass is 10.1. The number of nitrogens with one attached hydrogen (secondary N) is 1. The summed E-state index contributed by atoms with van der Waals surface area (Å²) in [5.41, 5.74) is 3.88. The Morgan fingerprint density at radius 3 is 2.64 bits per heavy atom. The highest BCUT2D eigenvalue weighted by Gasteiger charge is 2.35. The van der Waals surface area contributed by atoms with E-state index in [2.05, 4.69) is 5.32 Å². The van der Waals surface area contributed by atoms with Gasteiger partial charge >= 0.3 is 0 Å². The van der Waals surface area contributed by atoms with Crippen LogP contribution in [0.1, 0.15) is 16.7 Å². The minimum Gasteiger partial charge on any atom is -0.367 e. The van der Waals surface area contributed by atoms with Crippen LogP contribution in [0.15, 0.2) is 47.4 Å². The molecule has 1 aliphatic heterocycles. The molecule has 3 rings (SSSR count). The lowest BCUT2D eigenvalue weighted by molar-refractivity contribution is -0.122. The highest BCUT2D eigenvalue weighted by atomic mass is 35.5. The van der Waals surface area contributed by atoms with Crippen LogP contribution < -0.4 is 5.32 Å². The van der Waals surface area contributed by atoms with Gasteiger partial charge < -0.3 is 5.32 Å². The van der Waals surface area contributed by atoms with Gasteiger partial charge in [-0.2, -0.15) is 0 Å². The molecule has 0 unspecified atom stereocenters. The van der Waals surface area contributed by atoms with Crippen molar-refractivity contribution < 1.29 is 9.59 Å². The van der Waals surface area contributed by atoms with Crippen molar-refractivity contribution in [3.8, 4) is 0 Å². The molecule has 2 aromatic carbocycles. The van der Waals surface area contributed by atoms with E-state index in [-0.39, 0.29) is 17.8 Å². The van der Waals surface area contributed by atoms with Crippen molar-refractivity contribution >= 4 is 46.3 Å². The maximum atomic E-state index is 12.5. The summed E-state index contributed by atoms with van der Waals surface area (Å²) >= 11 is 7.05. The zero-order chi connectivity index (χ0) is 18.0. The highest BCUT2D eigenvalue weighted by Crippen LogP contribution is 2.33. The quantitative estimate of drug-likeness (QED) is 0.762. The molecule has 0 atom stereocenters. The van der Waals surface area contributed by atoms with Gasteiger partial charge in [-0.1, -0.05) is 41.9 Å². The Hall–Kier alpha value is -2.24. The Labute approximate surface area is 155 Å². The van der Waals surface area contributed by atoms with Crippen LogP contribution >= 0.6 is 23.4 Å². The van der Waals surface area contributed by atoms with E-state index < -0.39 is 0 Å². The van der Waals surface area contributed by atoms with Gasteiger partial charge in [-0.15, -0.1) is 0 Å². The number of carbonyl (C=O) groups excluding carboxylic acids is 2. The molecule has 1 aliphatic rings. The SMILES string of the molecule is Cc1cccc(NCN2C(=O)SC(=Cc3ccccc3Cl)C2=O)c1C. The third kappa shape index (κ3) is 3.72. The second-order valence-electron chi connectivity index (χ2n) is 5.71. The van der Waals surface area contributed by atoms with Crippen molar-refractivity contribution in [2.75, 3.05) is 12.0 Å². The molecule has 2 aromatic rings. The van der Waals surface area contributed by atoms with Crippen molar-refractivity contribution in [1.82, 2.24) is 4.90 Å². The molecule has 1 saturated heterocycles. The predicted octanol–water partition coefficient (Wildman–Crippen LogP) is 5.06. The zero-order valence-electron chi connectivity index (χ0n) is 13.9. The molecule has 128 valence electrons. The summed E-state index contributed by atoms with van der Waals surface area (Å²) in [6.45, 7) is 4.16. The number of aryl methyl sites for hydroxylation is 1. The van der Waals surface area contributed by atoms with Crippen molar-refractivity contribution in [2.24, 2.45) is 0 Å². The normalized spacial score (nSPS) is 16.0. The first-order chi connectivity index (χ1) is 12.0. The summed E-state index contributed by atoms with van der Waals surface area (Å²) in [4.78, 5) is 26.3. The molecular formula is C19H17ClN2O2S. The lowest BCUT2D eigenvalue weighted by Crippen LogP contribution is -2.33. The first kappa shape index (κ1) is 17.6. The second kappa shape index (κ2) is 7.33. The molecule has 0 spiro atoms. The van der Waals surface area contributed by atoms with Crippen molar-refractivity contribution in [3.05, 3.63) is 69.1 Å². The monoisotopic (exact) mass is 372 g/mol. The lowest BCUT2D eigenvalue weighted by Gasteiger charge is -2.16. The molecule has 1 N–H and O–H groups in total. The molecule has 0 radical (unpaired) electrons. The van der Waals surface area contributed by atoms with Crippen LogP contribution in [-0.2, 0) is 4.79 Å². The summed E-state index contributed by atoms with van der Waals surface area (Å²) in [6, 6.07) is 13.1. The first-order valence-electron chi connectivity index (χ1n) is 7.77. The maximum Gasteiger partial charge on any atom is 0.295 e. The molecule has 0 bridgehead atoms. The van der Waals surface area contributed by atoms with Gasteiger partial charge in [-0.05, 0) is 60.5 Å². The van der Waals surface area contributed by atoms with Gasteiger partial charge in [0.05, 0.1) is 11.6 Å².